The van der Waals surface area contributed by atoms with Crippen molar-refractivity contribution in [2.45, 2.75) is 19.9 Å². The Labute approximate surface area is 184 Å². The van der Waals surface area contributed by atoms with E-state index in [2.05, 4.69) is 21.7 Å². The van der Waals surface area contributed by atoms with Crippen molar-refractivity contribution in [3.05, 3.63) is 53.6 Å². The lowest BCUT2D eigenvalue weighted by atomic mass is 10.1. The highest BCUT2D eigenvalue weighted by molar-refractivity contribution is 14.0. The van der Waals surface area contributed by atoms with Crippen molar-refractivity contribution in [3.63, 3.8) is 0 Å². The number of nitrogens with one attached hydrogen (secondary N) is 2. The highest BCUT2D eigenvalue weighted by atomic mass is 127. The van der Waals surface area contributed by atoms with E-state index in [4.69, 9.17) is 14.2 Å². The number of benzene rings is 2. The molecule has 6 nitrogen and oxygen atoms in total. The maximum Gasteiger partial charge on any atom is 0.195 e. The van der Waals surface area contributed by atoms with E-state index in [1.807, 2.05) is 43.3 Å². The lowest BCUT2D eigenvalue weighted by Crippen LogP contribution is -2.30. The van der Waals surface area contributed by atoms with Gasteiger partial charge in [0, 0.05) is 45.5 Å². The van der Waals surface area contributed by atoms with Gasteiger partial charge in [0.15, 0.2) is 5.96 Å². The van der Waals surface area contributed by atoms with Crippen LogP contribution in [-0.4, -0.2) is 40.4 Å². The molecule has 0 aliphatic rings. The monoisotopic (exact) mass is 499 g/mol. The molecule has 2 aromatic carbocycles. The highest BCUT2D eigenvalue weighted by Crippen LogP contribution is 2.19. The summed E-state index contributed by atoms with van der Waals surface area (Å²) in [6.07, 6.45) is 0.860. The van der Waals surface area contributed by atoms with Gasteiger partial charge in [-0.25, -0.2) is 0 Å². The molecule has 2 N–H and O–H groups in total. The molecule has 0 aliphatic heterocycles. The Balaban J connectivity index is 0.00000392. The summed E-state index contributed by atoms with van der Waals surface area (Å²) in [7, 11) is 5.12. The molecule has 0 bridgehead atoms. The molecule has 0 fully saturated rings. The summed E-state index contributed by atoms with van der Waals surface area (Å²) in [4.78, 5) is 4.28. The van der Waals surface area contributed by atoms with Crippen LogP contribution in [0.15, 0.2) is 47.5 Å². The molecule has 0 heterocycles. The molecule has 0 aromatic heterocycles. The minimum atomic E-state index is 0. The number of halogens is 1. The van der Waals surface area contributed by atoms with E-state index >= 15 is 0 Å². The predicted molar refractivity (Wildman–Crippen MR) is 125 cm³/mol. The fourth-order valence-corrected chi connectivity index (χ4v) is 2.61. The lowest BCUT2D eigenvalue weighted by Gasteiger charge is -2.14. The van der Waals surface area contributed by atoms with E-state index < -0.39 is 0 Å². The summed E-state index contributed by atoms with van der Waals surface area (Å²) < 4.78 is 16.1. The maximum absolute atomic E-state index is 5.74. The first-order valence-electron chi connectivity index (χ1n) is 8.99. The topological polar surface area (TPSA) is 64.1 Å². The SMILES string of the molecule is CN=C(NCc1ccc(OC)c(C)c1)Nc1cccc(OCCCOC)c1.I. The zero-order chi connectivity index (χ0) is 19.5. The molecule has 0 unspecified atom stereocenters. The smallest absolute Gasteiger partial charge is 0.195 e. The van der Waals surface area contributed by atoms with Crippen LogP contribution in [0.4, 0.5) is 5.69 Å². The molecule has 0 atom stereocenters. The third-order valence-electron chi connectivity index (χ3n) is 4.00. The van der Waals surface area contributed by atoms with E-state index in [9.17, 15) is 0 Å². The third kappa shape index (κ3) is 7.93. The van der Waals surface area contributed by atoms with Crippen LogP contribution in [0, 0.1) is 6.92 Å². The number of rotatable bonds is 9. The van der Waals surface area contributed by atoms with Gasteiger partial charge < -0.3 is 24.8 Å². The van der Waals surface area contributed by atoms with Crippen molar-refractivity contribution in [3.8, 4) is 11.5 Å². The first-order valence-corrected chi connectivity index (χ1v) is 8.99. The second kappa shape index (κ2) is 13.2. The Kier molecular flexibility index (Phi) is 11.4. The lowest BCUT2D eigenvalue weighted by molar-refractivity contribution is 0.172. The van der Waals surface area contributed by atoms with Crippen molar-refractivity contribution in [2.75, 3.05) is 39.8 Å². The van der Waals surface area contributed by atoms with E-state index in [0.717, 1.165) is 34.7 Å². The average molecular weight is 499 g/mol. The number of aryl methyl sites for hydroxylation is 1. The van der Waals surface area contributed by atoms with Crippen LogP contribution < -0.4 is 20.1 Å². The van der Waals surface area contributed by atoms with Crippen LogP contribution in [0.1, 0.15) is 17.5 Å². The Morgan fingerprint density at radius 1 is 1.07 bits per heavy atom. The molecular weight excluding hydrogens is 469 g/mol. The number of hydrogen-bond acceptors (Lipinski definition) is 4. The molecule has 28 heavy (non-hydrogen) atoms. The second-order valence-electron chi connectivity index (χ2n) is 6.08. The van der Waals surface area contributed by atoms with Crippen LogP contribution in [0.2, 0.25) is 0 Å². The van der Waals surface area contributed by atoms with Crippen molar-refractivity contribution in [2.24, 2.45) is 4.99 Å². The van der Waals surface area contributed by atoms with Crippen LogP contribution >= 0.6 is 24.0 Å². The van der Waals surface area contributed by atoms with Crippen molar-refractivity contribution < 1.29 is 14.2 Å². The first kappa shape index (κ1) is 24.0. The molecule has 0 amide bonds. The molecule has 0 spiro atoms. The van der Waals surface area contributed by atoms with E-state index in [1.54, 1.807) is 21.3 Å². The summed E-state index contributed by atoms with van der Waals surface area (Å²) in [6.45, 7) is 4.02. The standard InChI is InChI=1S/C21H29N3O3.HI/c1-16-13-17(9-10-20(16)26-4)15-23-21(22-2)24-18-7-5-8-19(14-18)27-12-6-11-25-3;/h5,7-10,13-14H,6,11-12,15H2,1-4H3,(H2,22,23,24);1H. The molecule has 0 saturated carbocycles. The summed E-state index contributed by atoms with van der Waals surface area (Å²) >= 11 is 0. The van der Waals surface area contributed by atoms with Gasteiger partial charge in [-0.2, -0.15) is 0 Å². The minimum Gasteiger partial charge on any atom is -0.496 e. The number of hydrogen-bond donors (Lipinski definition) is 2. The Morgan fingerprint density at radius 3 is 2.57 bits per heavy atom. The third-order valence-corrected chi connectivity index (χ3v) is 4.00. The molecule has 0 radical (unpaired) electrons. The van der Waals surface area contributed by atoms with E-state index in [1.165, 1.54) is 0 Å². The average Bonchev–Trinajstić information content (AvgIpc) is 2.69. The van der Waals surface area contributed by atoms with Crippen molar-refractivity contribution in [1.29, 1.82) is 0 Å². The van der Waals surface area contributed by atoms with Crippen LogP contribution in [-0.2, 0) is 11.3 Å². The van der Waals surface area contributed by atoms with Gasteiger partial charge in [-0.3, -0.25) is 4.99 Å². The van der Waals surface area contributed by atoms with Gasteiger partial charge >= 0.3 is 0 Å². The van der Waals surface area contributed by atoms with Crippen LogP contribution in [0.3, 0.4) is 0 Å². The van der Waals surface area contributed by atoms with Crippen molar-refractivity contribution in [1.82, 2.24) is 5.32 Å². The van der Waals surface area contributed by atoms with E-state index in [0.29, 0.717) is 25.7 Å². The molecule has 0 aliphatic carbocycles. The van der Waals surface area contributed by atoms with Gasteiger partial charge in [0.2, 0.25) is 0 Å². The molecule has 2 aromatic rings. The highest BCUT2D eigenvalue weighted by Gasteiger charge is 2.04. The number of methoxy groups -OCH3 is 2. The Bertz CT molecular complexity index is 753. The summed E-state index contributed by atoms with van der Waals surface area (Å²) in [6, 6.07) is 14.0. The quantitative estimate of drug-likeness (QED) is 0.234. The number of nitrogens with zero attached hydrogens (tertiary/aromatic N) is 1. The van der Waals surface area contributed by atoms with Gasteiger partial charge in [0.25, 0.3) is 0 Å². The van der Waals surface area contributed by atoms with Gasteiger partial charge in [-0.05, 0) is 36.2 Å². The first-order chi connectivity index (χ1) is 13.2. The molecular formula is C21H30IN3O3. The number of guanidine groups is 1. The maximum atomic E-state index is 5.74. The normalized spacial score (nSPS) is 10.8. The fraction of sp³-hybridized carbons (Fsp3) is 0.381. The zero-order valence-electron chi connectivity index (χ0n) is 17.0. The summed E-state index contributed by atoms with van der Waals surface area (Å²) in [5, 5.41) is 6.61. The number of aliphatic imine (C=N–C) groups is 1. The Hall–Kier alpha value is -2.00. The van der Waals surface area contributed by atoms with E-state index in [-0.39, 0.29) is 24.0 Å². The predicted octanol–water partition coefficient (Wildman–Crippen LogP) is 4.22. The second-order valence-corrected chi connectivity index (χ2v) is 6.08. The zero-order valence-corrected chi connectivity index (χ0v) is 19.3. The fourth-order valence-electron chi connectivity index (χ4n) is 2.61. The Morgan fingerprint density at radius 2 is 1.89 bits per heavy atom. The van der Waals surface area contributed by atoms with Crippen LogP contribution in [0.5, 0.6) is 11.5 Å². The molecule has 2 rings (SSSR count). The van der Waals surface area contributed by atoms with Gasteiger partial charge in [0.05, 0.1) is 13.7 Å². The van der Waals surface area contributed by atoms with Gasteiger partial charge in [-0.1, -0.05) is 18.2 Å². The van der Waals surface area contributed by atoms with Crippen LogP contribution in [0.25, 0.3) is 0 Å². The number of ether oxygens (including phenoxy) is 3. The van der Waals surface area contributed by atoms with Crippen molar-refractivity contribution >= 4 is 35.6 Å². The minimum absolute atomic E-state index is 0. The van der Waals surface area contributed by atoms with Gasteiger partial charge in [-0.15, -0.1) is 24.0 Å². The largest absolute Gasteiger partial charge is 0.496 e. The number of anilines is 1. The molecule has 154 valence electrons. The van der Waals surface area contributed by atoms with Gasteiger partial charge in [0.1, 0.15) is 11.5 Å². The summed E-state index contributed by atoms with van der Waals surface area (Å²) in [5.41, 5.74) is 3.18. The summed E-state index contributed by atoms with van der Waals surface area (Å²) in [5.74, 6) is 2.40. The molecule has 7 heteroatoms. The molecule has 0 saturated heterocycles.